The number of urea groups is 1. The highest BCUT2D eigenvalue weighted by atomic mass is 16.5. The number of hydrogen-bond acceptors (Lipinski definition) is 3. The van der Waals surface area contributed by atoms with Crippen LogP contribution in [0.25, 0.3) is 0 Å². The van der Waals surface area contributed by atoms with E-state index in [4.69, 9.17) is 4.74 Å². The number of aliphatic hydroxyl groups is 1. The summed E-state index contributed by atoms with van der Waals surface area (Å²) in [6.07, 6.45) is 11.1. The summed E-state index contributed by atoms with van der Waals surface area (Å²) in [5, 5.41) is 15.9. The molecule has 122 valence electrons. The normalized spacial score (nSPS) is 22.1. The van der Waals surface area contributed by atoms with E-state index in [1.807, 2.05) is 0 Å². The van der Waals surface area contributed by atoms with Crippen molar-refractivity contribution in [2.24, 2.45) is 0 Å². The van der Waals surface area contributed by atoms with Crippen molar-refractivity contribution in [1.82, 2.24) is 10.6 Å². The fourth-order valence-electron chi connectivity index (χ4n) is 3.27. The Kier molecular flexibility index (Phi) is 6.77. The van der Waals surface area contributed by atoms with Gasteiger partial charge in [-0.3, -0.25) is 0 Å². The zero-order chi connectivity index (χ0) is 15.0. The molecule has 0 aromatic rings. The van der Waals surface area contributed by atoms with Crippen molar-refractivity contribution in [3.63, 3.8) is 0 Å². The van der Waals surface area contributed by atoms with Crippen molar-refractivity contribution in [2.75, 3.05) is 19.7 Å². The maximum absolute atomic E-state index is 11.7. The highest BCUT2D eigenvalue weighted by Crippen LogP contribution is 2.27. The summed E-state index contributed by atoms with van der Waals surface area (Å²) >= 11 is 0. The third-order valence-electron chi connectivity index (χ3n) is 4.62. The lowest BCUT2D eigenvalue weighted by atomic mass is 9.85. The van der Waals surface area contributed by atoms with Crippen LogP contribution in [0.15, 0.2) is 0 Å². The summed E-state index contributed by atoms with van der Waals surface area (Å²) < 4.78 is 5.74. The van der Waals surface area contributed by atoms with E-state index in [0.29, 0.717) is 19.2 Å². The second-order valence-electron chi connectivity index (χ2n) is 6.53. The van der Waals surface area contributed by atoms with Crippen molar-refractivity contribution >= 4 is 6.03 Å². The molecule has 2 saturated carbocycles. The van der Waals surface area contributed by atoms with Gasteiger partial charge < -0.3 is 20.5 Å². The third-order valence-corrected chi connectivity index (χ3v) is 4.62. The molecule has 0 spiro atoms. The fraction of sp³-hybridized carbons (Fsp3) is 0.938. The van der Waals surface area contributed by atoms with Crippen LogP contribution in [0.4, 0.5) is 4.79 Å². The van der Waals surface area contributed by atoms with Gasteiger partial charge in [0.05, 0.1) is 11.7 Å². The van der Waals surface area contributed by atoms with E-state index in [2.05, 4.69) is 10.6 Å². The van der Waals surface area contributed by atoms with Gasteiger partial charge in [-0.05, 0) is 32.1 Å². The zero-order valence-electron chi connectivity index (χ0n) is 13.0. The summed E-state index contributed by atoms with van der Waals surface area (Å²) in [6.45, 7) is 1.70. The van der Waals surface area contributed by atoms with Crippen LogP contribution in [0.1, 0.15) is 64.2 Å². The summed E-state index contributed by atoms with van der Waals surface area (Å²) in [5.74, 6) is 0. The summed E-state index contributed by atoms with van der Waals surface area (Å²) in [5.41, 5.74) is -0.693. The van der Waals surface area contributed by atoms with Gasteiger partial charge in [0.15, 0.2) is 0 Å². The maximum atomic E-state index is 11.7. The lowest BCUT2D eigenvalue weighted by Crippen LogP contribution is -2.47. The smallest absolute Gasteiger partial charge is 0.314 e. The first-order valence-corrected chi connectivity index (χ1v) is 8.54. The molecule has 0 aromatic carbocycles. The van der Waals surface area contributed by atoms with E-state index >= 15 is 0 Å². The second-order valence-corrected chi connectivity index (χ2v) is 6.53. The molecule has 0 aliphatic heterocycles. The number of carbonyl (C=O) groups excluding carboxylic acids is 1. The van der Waals surface area contributed by atoms with E-state index in [9.17, 15) is 9.90 Å². The van der Waals surface area contributed by atoms with Crippen molar-refractivity contribution in [3.8, 4) is 0 Å². The van der Waals surface area contributed by atoms with Crippen LogP contribution in [-0.2, 0) is 4.74 Å². The molecule has 0 heterocycles. The van der Waals surface area contributed by atoms with Crippen LogP contribution in [-0.4, -0.2) is 42.5 Å². The van der Waals surface area contributed by atoms with E-state index in [0.717, 1.165) is 38.7 Å². The Morgan fingerprint density at radius 1 is 1.10 bits per heavy atom. The van der Waals surface area contributed by atoms with Gasteiger partial charge in [0, 0.05) is 19.7 Å². The first-order valence-electron chi connectivity index (χ1n) is 8.54. The van der Waals surface area contributed by atoms with Gasteiger partial charge in [-0.25, -0.2) is 4.79 Å². The van der Waals surface area contributed by atoms with Crippen LogP contribution >= 0.6 is 0 Å². The molecule has 2 aliphatic rings. The van der Waals surface area contributed by atoms with Gasteiger partial charge in [-0.2, -0.15) is 0 Å². The van der Waals surface area contributed by atoms with Crippen LogP contribution in [0.3, 0.4) is 0 Å². The number of ether oxygens (including phenoxy) is 1. The molecule has 0 aromatic heterocycles. The molecule has 2 amide bonds. The Bertz CT molecular complexity index is 311. The molecular weight excluding hydrogens is 268 g/mol. The minimum atomic E-state index is -0.693. The molecule has 3 N–H and O–H groups in total. The Morgan fingerprint density at radius 2 is 1.81 bits per heavy atom. The topological polar surface area (TPSA) is 70.6 Å². The first-order chi connectivity index (χ1) is 10.2. The quantitative estimate of drug-likeness (QED) is 0.632. The standard InChI is InChI=1S/C16H30N2O3/c19-15(18-13-16(20)9-4-1-5-10-16)17-11-6-12-21-14-7-2-3-8-14/h14,20H,1-13H2,(H2,17,18,19). The average Bonchev–Trinajstić information content (AvgIpc) is 2.99. The lowest BCUT2D eigenvalue weighted by Gasteiger charge is -2.32. The highest BCUT2D eigenvalue weighted by molar-refractivity contribution is 5.73. The minimum Gasteiger partial charge on any atom is -0.388 e. The number of rotatable bonds is 7. The average molecular weight is 298 g/mol. The molecule has 0 unspecified atom stereocenters. The second kappa shape index (κ2) is 8.59. The zero-order valence-corrected chi connectivity index (χ0v) is 13.0. The Morgan fingerprint density at radius 3 is 2.52 bits per heavy atom. The van der Waals surface area contributed by atoms with E-state index < -0.39 is 5.60 Å². The molecular formula is C16H30N2O3. The fourth-order valence-corrected chi connectivity index (χ4v) is 3.27. The SMILES string of the molecule is O=C(NCCCOC1CCCC1)NCC1(O)CCCCC1. The van der Waals surface area contributed by atoms with E-state index in [1.54, 1.807) is 0 Å². The molecule has 2 rings (SSSR count). The number of nitrogens with one attached hydrogen (secondary N) is 2. The summed E-state index contributed by atoms with van der Waals surface area (Å²) in [6, 6.07) is -0.185. The lowest BCUT2D eigenvalue weighted by molar-refractivity contribution is 0.00715. The van der Waals surface area contributed by atoms with E-state index in [-0.39, 0.29) is 6.03 Å². The molecule has 0 radical (unpaired) electrons. The Balaban J connectivity index is 1.47. The number of hydrogen-bond donors (Lipinski definition) is 3. The Hall–Kier alpha value is -0.810. The molecule has 5 nitrogen and oxygen atoms in total. The first kappa shape index (κ1) is 16.6. The summed E-state index contributed by atoms with van der Waals surface area (Å²) in [7, 11) is 0. The monoisotopic (exact) mass is 298 g/mol. The van der Waals surface area contributed by atoms with Crippen molar-refractivity contribution < 1.29 is 14.6 Å². The minimum absolute atomic E-state index is 0.185. The van der Waals surface area contributed by atoms with Gasteiger partial charge >= 0.3 is 6.03 Å². The van der Waals surface area contributed by atoms with Crippen molar-refractivity contribution in [1.29, 1.82) is 0 Å². The molecule has 5 heteroatoms. The van der Waals surface area contributed by atoms with Crippen LogP contribution < -0.4 is 10.6 Å². The van der Waals surface area contributed by atoms with Gasteiger partial charge in [-0.15, -0.1) is 0 Å². The van der Waals surface area contributed by atoms with Gasteiger partial charge in [0.25, 0.3) is 0 Å². The predicted molar refractivity (Wildman–Crippen MR) is 82.3 cm³/mol. The predicted octanol–water partition coefficient (Wildman–Crippen LogP) is 2.33. The third kappa shape index (κ3) is 6.22. The number of carbonyl (C=O) groups is 1. The Labute approximate surface area is 127 Å². The van der Waals surface area contributed by atoms with E-state index in [1.165, 1.54) is 32.1 Å². The molecule has 21 heavy (non-hydrogen) atoms. The molecule has 0 bridgehead atoms. The molecule has 0 saturated heterocycles. The van der Waals surface area contributed by atoms with Crippen LogP contribution in [0.5, 0.6) is 0 Å². The van der Waals surface area contributed by atoms with Gasteiger partial charge in [0.1, 0.15) is 0 Å². The maximum Gasteiger partial charge on any atom is 0.314 e. The van der Waals surface area contributed by atoms with Crippen molar-refractivity contribution in [3.05, 3.63) is 0 Å². The van der Waals surface area contributed by atoms with Crippen LogP contribution in [0, 0.1) is 0 Å². The summed E-state index contributed by atoms with van der Waals surface area (Å²) in [4.78, 5) is 11.7. The van der Waals surface area contributed by atoms with Crippen LogP contribution in [0.2, 0.25) is 0 Å². The molecule has 2 fully saturated rings. The molecule has 0 atom stereocenters. The number of amides is 2. The largest absolute Gasteiger partial charge is 0.388 e. The van der Waals surface area contributed by atoms with Gasteiger partial charge in [0.2, 0.25) is 0 Å². The van der Waals surface area contributed by atoms with Gasteiger partial charge in [-0.1, -0.05) is 32.1 Å². The highest BCUT2D eigenvalue weighted by Gasteiger charge is 2.29. The van der Waals surface area contributed by atoms with Crippen molar-refractivity contribution in [2.45, 2.75) is 75.9 Å². The molecule has 2 aliphatic carbocycles.